The number of thiazole rings is 1. The maximum Gasteiger partial charge on any atom is 0.267 e. The van der Waals surface area contributed by atoms with Crippen LogP contribution in [0.5, 0.6) is 5.75 Å². The Balaban J connectivity index is 1.65. The van der Waals surface area contributed by atoms with Crippen molar-refractivity contribution in [2.45, 2.75) is 33.3 Å². The zero-order valence-corrected chi connectivity index (χ0v) is 15.7. The van der Waals surface area contributed by atoms with Crippen LogP contribution in [0.2, 0.25) is 0 Å². The van der Waals surface area contributed by atoms with Gasteiger partial charge >= 0.3 is 0 Å². The fourth-order valence-corrected chi connectivity index (χ4v) is 3.54. The number of pyridine rings is 1. The number of anilines is 1. The molecule has 0 bridgehead atoms. The second-order valence-electron chi connectivity index (χ2n) is 5.86. The van der Waals surface area contributed by atoms with Crippen molar-refractivity contribution in [1.29, 1.82) is 0 Å². The summed E-state index contributed by atoms with van der Waals surface area (Å²) >= 11 is 1.46. The number of ether oxygens (including phenoxy) is 1. The van der Waals surface area contributed by atoms with Gasteiger partial charge in [0.15, 0.2) is 0 Å². The van der Waals surface area contributed by atoms with Gasteiger partial charge in [-0.1, -0.05) is 19.1 Å². The van der Waals surface area contributed by atoms with Crippen molar-refractivity contribution < 1.29 is 9.53 Å². The van der Waals surface area contributed by atoms with E-state index in [4.69, 9.17) is 4.74 Å². The number of hydrogen-bond donors (Lipinski definition) is 1. The average molecular weight is 367 g/mol. The Bertz CT molecular complexity index is 878. The summed E-state index contributed by atoms with van der Waals surface area (Å²) in [6, 6.07) is 13.1. The molecule has 0 aliphatic heterocycles. The molecule has 6 heteroatoms. The van der Waals surface area contributed by atoms with E-state index in [2.05, 4.69) is 22.2 Å². The molecule has 1 amide bonds. The molecule has 3 rings (SSSR count). The fourth-order valence-electron chi connectivity index (χ4n) is 2.48. The Morgan fingerprint density at radius 1 is 1.23 bits per heavy atom. The maximum atomic E-state index is 12.6. The molecule has 26 heavy (non-hydrogen) atoms. The second kappa shape index (κ2) is 8.58. The summed E-state index contributed by atoms with van der Waals surface area (Å²) in [6.45, 7) is 4.36. The van der Waals surface area contributed by atoms with E-state index >= 15 is 0 Å². The summed E-state index contributed by atoms with van der Waals surface area (Å²) in [6.07, 6.45) is 3.65. The zero-order chi connectivity index (χ0) is 18.4. The Labute approximate surface area is 157 Å². The molecule has 0 saturated carbocycles. The molecule has 3 aromatic rings. The normalized spacial score (nSPS) is 10.5. The van der Waals surface area contributed by atoms with Crippen LogP contribution in [0.3, 0.4) is 0 Å². The van der Waals surface area contributed by atoms with Gasteiger partial charge in [0.25, 0.3) is 5.91 Å². The van der Waals surface area contributed by atoms with E-state index in [9.17, 15) is 4.79 Å². The number of amides is 1. The fraction of sp³-hybridized carbons (Fsp3) is 0.250. The summed E-state index contributed by atoms with van der Waals surface area (Å²) in [7, 11) is 0. The standard InChI is InChI=1S/C20H21N3O2S/c1-3-7-18-22-14(2)19(26-18)20(24)23-15-9-6-10-17(12-15)25-13-16-8-4-5-11-21-16/h4-6,8-12H,3,7,13H2,1-2H3,(H,23,24). The van der Waals surface area contributed by atoms with Crippen LogP contribution in [0.25, 0.3) is 0 Å². The van der Waals surface area contributed by atoms with Crippen molar-refractivity contribution in [2.75, 3.05) is 5.32 Å². The summed E-state index contributed by atoms with van der Waals surface area (Å²) in [5.74, 6) is 0.547. The number of rotatable bonds is 7. The van der Waals surface area contributed by atoms with Crippen LogP contribution in [0, 0.1) is 6.92 Å². The van der Waals surface area contributed by atoms with Gasteiger partial charge in [0, 0.05) is 18.0 Å². The third kappa shape index (κ3) is 4.67. The first-order chi connectivity index (χ1) is 12.7. The number of nitrogens with one attached hydrogen (secondary N) is 1. The average Bonchev–Trinajstić information content (AvgIpc) is 3.02. The third-order valence-corrected chi connectivity index (χ3v) is 4.93. The molecule has 0 atom stereocenters. The molecule has 2 heterocycles. The van der Waals surface area contributed by atoms with Crippen molar-refractivity contribution in [2.24, 2.45) is 0 Å². The first-order valence-corrected chi connectivity index (χ1v) is 9.37. The lowest BCUT2D eigenvalue weighted by molar-refractivity contribution is 0.103. The molecule has 1 aromatic carbocycles. The highest BCUT2D eigenvalue weighted by Gasteiger charge is 2.15. The summed E-state index contributed by atoms with van der Waals surface area (Å²) < 4.78 is 5.76. The predicted octanol–water partition coefficient (Wildman–Crippen LogP) is 4.63. The third-order valence-electron chi connectivity index (χ3n) is 3.72. The molecule has 0 aliphatic carbocycles. The van der Waals surface area contributed by atoms with Gasteiger partial charge in [-0.3, -0.25) is 9.78 Å². The number of aryl methyl sites for hydroxylation is 2. The van der Waals surface area contributed by atoms with Crippen molar-refractivity contribution in [3.05, 3.63) is 69.9 Å². The molecule has 134 valence electrons. The topological polar surface area (TPSA) is 64.1 Å². The molecule has 0 fully saturated rings. The SMILES string of the molecule is CCCc1nc(C)c(C(=O)Nc2cccc(OCc3ccccn3)c2)s1. The lowest BCUT2D eigenvalue weighted by atomic mass is 10.3. The predicted molar refractivity (Wildman–Crippen MR) is 104 cm³/mol. The van der Waals surface area contributed by atoms with Crippen LogP contribution < -0.4 is 10.1 Å². The minimum absolute atomic E-state index is 0.135. The van der Waals surface area contributed by atoms with Crippen LogP contribution in [0.4, 0.5) is 5.69 Å². The van der Waals surface area contributed by atoms with Crippen LogP contribution in [0.1, 0.15) is 39.4 Å². The Morgan fingerprint density at radius 3 is 2.88 bits per heavy atom. The number of benzene rings is 1. The van der Waals surface area contributed by atoms with Gasteiger partial charge in [0.2, 0.25) is 0 Å². The zero-order valence-electron chi connectivity index (χ0n) is 14.9. The van der Waals surface area contributed by atoms with E-state index in [0.29, 0.717) is 22.9 Å². The van der Waals surface area contributed by atoms with Crippen molar-refractivity contribution >= 4 is 22.9 Å². The molecular weight excluding hydrogens is 346 g/mol. The van der Waals surface area contributed by atoms with Crippen molar-refractivity contribution in [1.82, 2.24) is 9.97 Å². The largest absolute Gasteiger partial charge is 0.487 e. The van der Waals surface area contributed by atoms with Crippen molar-refractivity contribution in [3.63, 3.8) is 0 Å². The molecule has 0 spiro atoms. The van der Waals surface area contributed by atoms with Gasteiger partial charge in [0.1, 0.15) is 17.2 Å². The molecule has 0 aliphatic rings. The van der Waals surface area contributed by atoms with Crippen LogP contribution in [0.15, 0.2) is 48.7 Å². The van der Waals surface area contributed by atoms with E-state index in [0.717, 1.165) is 29.2 Å². The van der Waals surface area contributed by atoms with Gasteiger partial charge < -0.3 is 10.1 Å². The van der Waals surface area contributed by atoms with E-state index in [1.165, 1.54) is 11.3 Å². The quantitative estimate of drug-likeness (QED) is 0.661. The molecule has 0 unspecified atom stereocenters. The second-order valence-corrected chi connectivity index (χ2v) is 6.95. The summed E-state index contributed by atoms with van der Waals surface area (Å²) in [5.41, 5.74) is 2.32. The van der Waals surface area contributed by atoms with Gasteiger partial charge in [-0.25, -0.2) is 4.98 Å². The number of carbonyl (C=O) groups is 1. The molecule has 1 N–H and O–H groups in total. The lowest BCUT2D eigenvalue weighted by Gasteiger charge is -2.08. The highest BCUT2D eigenvalue weighted by molar-refractivity contribution is 7.13. The number of carbonyl (C=O) groups excluding carboxylic acids is 1. The Morgan fingerprint density at radius 2 is 2.12 bits per heavy atom. The van der Waals surface area contributed by atoms with E-state index in [-0.39, 0.29) is 5.91 Å². The van der Waals surface area contributed by atoms with Gasteiger partial charge in [-0.15, -0.1) is 11.3 Å². The molecule has 2 aromatic heterocycles. The van der Waals surface area contributed by atoms with Crippen LogP contribution in [-0.2, 0) is 13.0 Å². The van der Waals surface area contributed by atoms with E-state index < -0.39 is 0 Å². The number of hydrogen-bond acceptors (Lipinski definition) is 5. The number of aromatic nitrogens is 2. The van der Waals surface area contributed by atoms with Gasteiger partial charge in [0.05, 0.1) is 16.4 Å². The maximum absolute atomic E-state index is 12.6. The van der Waals surface area contributed by atoms with E-state index in [1.807, 2.05) is 49.4 Å². The molecule has 0 radical (unpaired) electrons. The smallest absolute Gasteiger partial charge is 0.267 e. The number of nitrogens with zero attached hydrogens (tertiary/aromatic N) is 2. The molecular formula is C20H21N3O2S. The highest BCUT2D eigenvalue weighted by Crippen LogP contribution is 2.23. The minimum atomic E-state index is -0.135. The van der Waals surface area contributed by atoms with Crippen molar-refractivity contribution in [3.8, 4) is 5.75 Å². The highest BCUT2D eigenvalue weighted by atomic mass is 32.1. The first-order valence-electron chi connectivity index (χ1n) is 8.56. The van der Waals surface area contributed by atoms with E-state index in [1.54, 1.807) is 6.20 Å². The minimum Gasteiger partial charge on any atom is -0.487 e. The summed E-state index contributed by atoms with van der Waals surface area (Å²) in [4.78, 5) is 21.9. The Kier molecular flexibility index (Phi) is 5.96. The summed E-state index contributed by atoms with van der Waals surface area (Å²) in [5, 5.41) is 3.93. The first kappa shape index (κ1) is 18.1. The van der Waals surface area contributed by atoms with Gasteiger partial charge in [-0.05, 0) is 44.0 Å². The molecule has 0 saturated heterocycles. The monoisotopic (exact) mass is 367 g/mol. The lowest BCUT2D eigenvalue weighted by Crippen LogP contribution is -2.11. The van der Waals surface area contributed by atoms with Crippen LogP contribution >= 0.6 is 11.3 Å². The molecule has 5 nitrogen and oxygen atoms in total. The van der Waals surface area contributed by atoms with Crippen LogP contribution in [-0.4, -0.2) is 15.9 Å². The van der Waals surface area contributed by atoms with Gasteiger partial charge in [-0.2, -0.15) is 0 Å². The Hall–Kier alpha value is -2.73.